The fraction of sp³-hybridized carbons (Fsp3) is 0.263. The Morgan fingerprint density at radius 2 is 1.62 bits per heavy atom. The van der Waals surface area contributed by atoms with E-state index in [9.17, 15) is 18.0 Å². The van der Waals surface area contributed by atoms with Crippen LogP contribution < -0.4 is 10.5 Å². The van der Waals surface area contributed by atoms with E-state index in [1.165, 1.54) is 6.07 Å². The quantitative estimate of drug-likeness (QED) is 0.758. The Labute approximate surface area is 153 Å². The molecule has 2 aromatic rings. The maximum absolute atomic E-state index is 12.3. The molecular formula is C19H22N2O4S. The van der Waals surface area contributed by atoms with Crippen LogP contribution in [0, 0.1) is 20.8 Å². The number of sulfonamides is 1. The average molecular weight is 374 g/mol. The molecule has 138 valence electrons. The number of nitrogens with two attached hydrogens (primary N) is 1. The molecule has 0 saturated heterocycles. The Morgan fingerprint density at radius 1 is 0.962 bits per heavy atom. The maximum atomic E-state index is 12.3. The van der Waals surface area contributed by atoms with Gasteiger partial charge in [0.1, 0.15) is 0 Å². The number of carbonyl (C=O) groups excluding carboxylic acids is 2. The van der Waals surface area contributed by atoms with Gasteiger partial charge in [-0.1, -0.05) is 23.8 Å². The monoisotopic (exact) mass is 374 g/mol. The summed E-state index contributed by atoms with van der Waals surface area (Å²) >= 11 is 0. The zero-order chi connectivity index (χ0) is 19.5. The number of amides is 1. The van der Waals surface area contributed by atoms with E-state index < -0.39 is 10.0 Å². The first-order chi connectivity index (χ1) is 12.1. The second-order valence-electron chi connectivity index (χ2n) is 6.32. The van der Waals surface area contributed by atoms with Crippen LogP contribution in [0.3, 0.4) is 0 Å². The van der Waals surface area contributed by atoms with Gasteiger partial charge in [-0.15, -0.1) is 0 Å². The Balaban J connectivity index is 2.03. The minimum Gasteiger partial charge on any atom is -0.326 e. The summed E-state index contributed by atoms with van der Waals surface area (Å²) in [5, 5.41) is 7.76. The van der Waals surface area contributed by atoms with Crippen LogP contribution in [0.5, 0.6) is 0 Å². The molecule has 6 nitrogen and oxygen atoms in total. The van der Waals surface area contributed by atoms with Crippen LogP contribution in [-0.2, 0) is 14.8 Å². The molecule has 0 aliphatic carbocycles. The number of Topliss-reactive ketones (excluding diaryl/α,β-unsaturated/α-hetero) is 1. The van der Waals surface area contributed by atoms with Gasteiger partial charge in [0.2, 0.25) is 15.9 Å². The summed E-state index contributed by atoms with van der Waals surface area (Å²) < 4.78 is 23.1. The van der Waals surface area contributed by atoms with E-state index in [0.29, 0.717) is 16.8 Å². The Morgan fingerprint density at radius 3 is 2.27 bits per heavy atom. The topological polar surface area (TPSA) is 106 Å². The number of ketones is 1. The number of carbonyl (C=O) groups is 2. The van der Waals surface area contributed by atoms with Crippen LogP contribution in [0.25, 0.3) is 0 Å². The van der Waals surface area contributed by atoms with Crippen molar-refractivity contribution in [3.8, 4) is 0 Å². The van der Waals surface area contributed by atoms with Crippen LogP contribution in [0.15, 0.2) is 41.3 Å². The molecule has 2 aromatic carbocycles. The number of anilines is 1. The van der Waals surface area contributed by atoms with Crippen LogP contribution in [-0.4, -0.2) is 20.1 Å². The highest BCUT2D eigenvalue weighted by molar-refractivity contribution is 7.89. The van der Waals surface area contributed by atoms with E-state index in [0.717, 1.165) is 11.1 Å². The highest BCUT2D eigenvalue weighted by Crippen LogP contribution is 2.19. The second kappa shape index (κ2) is 7.80. The maximum Gasteiger partial charge on any atom is 0.238 e. The van der Waals surface area contributed by atoms with Crippen LogP contribution >= 0.6 is 0 Å². The van der Waals surface area contributed by atoms with Crippen molar-refractivity contribution in [1.82, 2.24) is 0 Å². The molecular weight excluding hydrogens is 352 g/mol. The van der Waals surface area contributed by atoms with Gasteiger partial charge in [-0.3, -0.25) is 9.59 Å². The highest BCUT2D eigenvalue weighted by Gasteiger charge is 2.15. The molecule has 1 amide bonds. The molecule has 7 heteroatoms. The van der Waals surface area contributed by atoms with Crippen LogP contribution in [0.4, 0.5) is 5.69 Å². The summed E-state index contributed by atoms with van der Waals surface area (Å²) in [5.41, 5.74) is 3.29. The number of hydrogen-bond donors (Lipinski definition) is 2. The van der Waals surface area contributed by atoms with Gasteiger partial charge in [-0.2, -0.15) is 0 Å². The minimum absolute atomic E-state index is 0.00476. The van der Waals surface area contributed by atoms with E-state index >= 15 is 0 Å². The molecule has 0 bridgehead atoms. The van der Waals surface area contributed by atoms with Crippen molar-refractivity contribution >= 4 is 27.4 Å². The predicted molar refractivity (Wildman–Crippen MR) is 101 cm³/mol. The van der Waals surface area contributed by atoms with E-state index in [-0.39, 0.29) is 29.4 Å². The van der Waals surface area contributed by atoms with Gasteiger partial charge in [-0.05, 0) is 50.1 Å². The lowest BCUT2D eigenvalue weighted by Crippen LogP contribution is -2.16. The third-order valence-corrected chi connectivity index (χ3v) is 5.10. The Hall–Kier alpha value is -2.51. The van der Waals surface area contributed by atoms with Crippen molar-refractivity contribution in [1.29, 1.82) is 0 Å². The van der Waals surface area contributed by atoms with Crippen molar-refractivity contribution in [2.75, 3.05) is 5.32 Å². The molecule has 0 aliphatic heterocycles. The average Bonchev–Trinajstić information content (AvgIpc) is 2.55. The van der Waals surface area contributed by atoms with Gasteiger partial charge in [0, 0.05) is 24.1 Å². The SMILES string of the molecule is Cc1ccc(C)c(C(=O)CCC(=O)Nc2ccc(C)c(S(N)(=O)=O)c2)c1. The molecule has 0 radical (unpaired) electrons. The van der Waals surface area contributed by atoms with E-state index in [4.69, 9.17) is 5.14 Å². The number of aryl methyl sites for hydroxylation is 3. The van der Waals surface area contributed by atoms with Crippen LogP contribution in [0.2, 0.25) is 0 Å². The largest absolute Gasteiger partial charge is 0.326 e. The summed E-state index contributed by atoms with van der Waals surface area (Å²) in [7, 11) is -3.87. The van der Waals surface area contributed by atoms with E-state index in [1.54, 1.807) is 19.1 Å². The molecule has 0 atom stereocenters. The standard InChI is InChI=1S/C19H22N2O4S/c1-12-4-5-13(2)16(10-12)17(22)8-9-19(23)21-15-7-6-14(3)18(11-15)26(20,24)25/h4-7,10-11H,8-9H2,1-3H3,(H,21,23)(H2,20,24,25). The molecule has 0 fully saturated rings. The number of hydrogen-bond acceptors (Lipinski definition) is 4. The van der Waals surface area contributed by atoms with Crippen molar-refractivity contribution in [3.63, 3.8) is 0 Å². The first-order valence-corrected chi connectivity index (χ1v) is 9.66. The number of rotatable bonds is 6. The van der Waals surface area contributed by atoms with Gasteiger partial charge >= 0.3 is 0 Å². The van der Waals surface area contributed by atoms with Gasteiger partial charge < -0.3 is 5.32 Å². The molecule has 0 aromatic heterocycles. The molecule has 0 unspecified atom stereocenters. The van der Waals surface area contributed by atoms with Crippen LogP contribution in [0.1, 0.15) is 39.9 Å². The highest BCUT2D eigenvalue weighted by atomic mass is 32.2. The number of nitrogens with one attached hydrogen (secondary N) is 1. The smallest absolute Gasteiger partial charge is 0.238 e. The van der Waals surface area contributed by atoms with E-state index in [2.05, 4.69) is 5.32 Å². The van der Waals surface area contributed by atoms with Gasteiger partial charge in [0.25, 0.3) is 0 Å². The molecule has 2 rings (SSSR count). The molecule has 3 N–H and O–H groups in total. The Bertz CT molecular complexity index is 965. The zero-order valence-electron chi connectivity index (χ0n) is 15.0. The fourth-order valence-corrected chi connectivity index (χ4v) is 3.41. The Kier molecular flexibility index (Phi) is 5.94. The van der Waals surface area contributed by atoms with Crippen molar-refractivity contribution in [2.45, 2.75) is 38.5 Å². The lowest BCUT2D eigenvalue weighted by atomic mass is 9.99. The van der Waals surface area contributed by atoms with Gasteiger partial charge in [0.05, 0.1) is 4.90 Å². The predicted octanol–water partition coefficient (Wildman–Crippen LogP) is 2.86. The van der Waals surface area contributed by atoms with Gasteiger partial charge in [0.15, 0.2) is 5.78 Å². The first-order valence-electron chi connectivity index (χ1n) is 8.11. The molecule has 0 heterocycles. The number of benzene rings is 2. The molecule has 0 spiro atoms. The van der Waals surface area contributed by atoms with Gasteiger partial charge in [-0.25, -0.2) is 13.6 Å². The molecule has 0 aliphatic rings. The third kappa shape index (κ3) is 5.00. The second-order valence-corrected chi connectivity index (χ2v) is 7.84. The molecule has 26 heavy (non-hydrogen) atoms. The third-order valence-electron chi connectivity index (χ3n) is 4.05. The van der Waals surface area contributed by atoms with Crippen molar-refractivity contribution in [3.05, 3.63) is 58.7 Å². The normalized spacial score (nSPS) is 11.2. The summed E-state index contributed by atoms with van der Waals surface area (Å²) in [6, 6.07) is 10.1. The zero-order valence-corrected chi connectivity index (χ0v) is 15.8. The van der Waals surface area contributed by atoms with Crippen molar-refractivity contribution in [2.24, 2.45) is 5.14 Å². The summed E-state index contributed by atoms with van der Waals surface area (Å²) in [4.78, 5) is 24.4. The summed E-state index contributed by atoms with van der Waals surface area (Å²) in [5.74, 6) is -0.469. The van der Waals surface area contributed by atoms with Crippen molar-refractivity contribution < 1.29 is 18.0 Å². The minimum atomic E-state index is -3.87. The number of primary sulfonamides is 1. The summed E-state index contributed by atoms with van der Waals surface area (Å²) in [6.45, 7) is 5.38. The molecule has 0 saturated carbocycles. The lowest BCUT2D eigenvalue weighted by molar-refractivity contribution is -0.116. The fourth-order valence-electron chi connectivity index (χ4n) is 2.61. The van der Waals surface area contributed by atoms with E-state index in [1.807, 2.05) is 32.0 Å². The lowest BCUT2D eigenvalue weighted by Gasteiger charge is -2.09. The summed E-state index contributed by atoms with van der Waals surface area (Å²) in [6.07, 6.45) is 0.0782. The first kappa shape index (κ1) is 19.8.